The normalized spacial score (nSPS) is 12.8. The highest BCUT2D eigenvalue weighted by Crippen LogP contribution is 2.30. The fourth-order valence-electron chi connectivity index (χ4n) is 3.00. The van der Waals surface area contributed by atoms with Crippen molar-refractivity contribution in [2.45, 2.75) is 18.9 Å². The van der Waals surface area contributed by atoms with Gasteiger partial charge in [0, 0.05) is 17.3 Å². The molecule has 0 unspecified atom stereocenters. The van der Waals surface area contributed by atoms with E-state index >= 15 is 0 Å². The first kappa shape index (κ1) is 20.0. The second-order valence-corrected chi connectivity index (χ2v) is 7.58. The maximum absolute atomic E-state index is 12.3. The van der Waals surface area contributed by atoms with Gasteiger partial charge < -0.3 is 15.4 Å². The fourth-order valence-corrected chi connectivity index (χ4v) is 3.24. The summed E-state index contributed by atoms with van der Waals surface area (Å²) < 4.78 is 5.58. The average Bonchev–Trinajstić information content (AvgIpc) is 3.57. The summed E-state index contributed by atoms with van der Waals surface area (Å²) in [5.41, 5.74) is 3.07. The van der Waals surface area contributed by atoms with Crippen molar-refractivity contribution >= 4 is 29.1 Å². The van der Waals surface area contributed by atoms with Gasteiger partial charge in [-0.3, -0.25) is 9.59 Å². The number of hydrogen-bond acceptors (Lipinski definition) is 3. The van der Waals surface area contributed by atoms with Crippen LogP contribution >= 0.6 is 11.6 Å². The van der Waals surface area contributed by atoms with E-state index < -0.39 is 0 Å². The minimum atomic E-state index is -0.335. The molecule has 6 heteroatoms. The Kier molecular flexibility index (Phi) is 6.00. The molecule has 1 aliphatic carbocycles. The summed E-state index contributed by atoms with van der Waals surface area (Å²) >= 11 is 6.32. The summed E-state index contributed by atoms with van der Waals surface area (Å²) in [6.07, 6.45) is 2.04. The molecule has 0 bridgehead atoms. The summed E-state index contributed by atoms with van der Waals surface area (Å²) in [6.45, 7) is -0.192. The van der Waals surface area contributed by atoms with Crippen molar-refractivity contribution in [2.75, 3.05) is 11.9 Å². The lowest BCUT2D eigenvalue weighted by Gasteiger charge is -2.11. The predicted octanol–water partition coefficient (Wildman–Crippen LogP) is 4.92. The molecule has 0 spiro atoms. The number of anilines is 1. The first-order valence-corrected chi connectivity index (χ1v) is 10.1. The van der Waals surface area contributed by atoms with Crippen LogP contribution < -0.4 is 15.4 Å². The molecule has 2 amide bonds. The van der Waals surface area contributed by atoms with E-state index in [2.05, 4.69) is 10.6 Å². The second-order valence-electron chi connectivity index (χ2n) is 7.18. The van der Waals surface area contributed by atoms with Crippen LogP contribution in [0.1, 0.15) is 23.2 Å². The number of halogens is 1. The van der Waals surface area contributed by atoms with Crippen molar-refractivity contribution in [3.05, 3.63) is 83.4 Å². The van der Waals surface area contributed by atoms with E-state index in [1.54, 1.807) is 30.3 Å². The average molecular weight is 421 g/mol. The summed E-state index contributed by atoms with van der Waals surface area (Å²) in [6, 6.07) is 22.4. The summed E-state index contributed by atoms with van der Waals surface area (Å²) in [4.78, 5) is 24.4. The van der Waals surface area contributed by atoms with Crippen molar-refractivity contribution < 1.29 is 14.3 Å². The molecule has 1 aliphatic rings. The maximum atomic E-state index is 12.3. The molecule has 2 N–H and O–H groups in total. The lowest BCUT2D eigenvalue weighted by molar-refractivity contribution is -0.118. The summed E-state index contributed by atoms with van der Waals surface area (Å²) in [5.74, 6) is -0.0304. The van der Waals surface area contributed by atoms with Gasteiger partial charge in [0.05, 0.1) is 5.02 Å². The van der Waals surface area contributed by atoms with Gasteiger partial charge in [0.2, 0.25) is 0 Å². The van der Waals surface area contributed by atoms with Crippen molar-refractivity contribution in [3.8, 4) is 16.9 Å². The van der Waals surface area contributed by atoms with Crippen LogP contribution in [0.25, 0.3) is 11.1 Å². The van der Waals surface area contributed by atoms with Gasteiger partial charge in [0.25, 0.3) is 11.8 Å². The van der Waals surface area contributed by atoms with Gasteiger partial charge in [-0.05, 0) is 54.3 Å². The Morgan fingerprint density at radius 1 is 0.933 bits per heavy atom. The molecule has 0 aromatic heterocycles. The molecule has 5 nitrogen and oxygen atoms in total. The van der Waals surface area contributed by atoms with Crippen LogP contribution in [0.2, 0.25) is 5.02 Å². The van der Waals surface area contributed by atoms with Gasteiger partial charge in [0.15, 0.2) is 6.61 Å². The van der Waals surface area contributed by atoms with Gasteiger partial charge in [-0.15, -0.1) is 0 Å². The molecule has 0 atom stereocenters. The number of rotatable bonds is 7. The van der Waals surface area contributed by atoms with Crippen LogP contribution in [0.3, 0.4) is 0 Å². The molecule has 3 aromatic rings. The number of nitrogens with one attached hydrogen (secondary N) is 2. The highest BCUT2D eigenvalue weighted by molar-refractivity contribution is 6.32. The van der Waals surface area contributed by atoms with Crippen LogP contribution in [0.4, 0.5) is 5.69 Å². The number of carbonyl (C=O) groups excluding carboxylic acids is 2. The number of carbonyl (C=O) groups is 2. The highest BCUT2D eigenvalue weighted by atomic mass is 35.5. The third-order valence-electron chi connectivity index (χ3n) is 4.72. The summed E-state index contributed by atoms with van der Waals surface area (Å²) in [5, 5.41) is 6.11. The minimum absolute atomic E-state index is 0.130. The fraction of sp³-hybridized carbons (Fsp3) is 0.167. The molecular formula is C24H21ClN2O3. The number of hydrogen-bond donors (Lipinski definition) is 2. The molecule has 1 saturated carbocycles. The maximum Gasteiger partial charge on any atom is 0.262 e. The Morgan fingerprint density at radius 2 is 1.73 bits per heavy atom. The Bertz CT molecular complexity index is 1070. The minimum Gasteiger partial charge on any atom is -0.482 e. The molecule has 0 aliphatic heterocycles. The van der Waals surface area contributed by atoms with Gasteiger partial charge in [-0.1, -0.05) is 54.1 Å². The molecule has 0 radical (unpaired) electrons. The van der Waals surface area contributed by atoms with E-state index in [1.165, 1.54) is 0 Å². The van der Waals surface area contributed by atoms with E-state index in [4.69, 9.17) is 16.3 Å². The second kappa shape index (κ2) is 9.01. The van der Waals surface area contributed by atoms with E-state index in [9.17, 15) is 9.59 Å². The zero-order valence-electron chi connectivity index (χ0n) is 16.2. The third kappa shape index (κ3) is 5.19. The van der Waals surface area contributed by atoms with Gasteiger partial charge in [0.1, 0.15) is 5.75 Å². The standard InChI is InChI=1S/C24H21ClN2O3/c25-21-14-17(16-5-2-1-3-6-16)9-12-22(21)30-15-23(28)26-20-8-4-7-18(13-20)24(29)27-19-10-11-19/h1-9,12-14,19H,10-11,15H2,(H,26,28)(H,27,29). The monoisotopic (exact) mass is 420 g/mol. The Morgan fingerprint density at radius 3 is 2.47 bits per heavy atom. The third-order valence-corrected chi connectivity index (χ3v) is 5.01. The van der Waals surface area contributed by atoms with Crippen molar-refractivity contribution in [3.63, 3.8) is 0 Å². The molecule has 30 heavy (non-hydrogen) atoms. The zero-order valence-corrected chi connectivity index (χ0v) is 17.0. The smallest absolute Gasteiger partial charge is 0.262 e. The van der Waals surface area contributed by atoms with Crippen LogP contribution in [0.5, 0.6) is 5.75 Å². The van der Waals surface area contributed by atoms with Crippen molar-refractivity contribution in [1.82, 2.24) is 5.32 Å². The van der Waals surface area contributed by atoms with Crippen LogP contribution in [0, 0.1) is 0 Å². The Labute approximate surface area is 180 Å². The first-order chi connectivity index (χ1) is 14.6. The number of amides is 2. The zero-order chi connectivity index (χ0) is 20.9. The molecule has 4 rings (SSSR count). The number of benzene rings is 3. The van der Waals surface area contributed by atoms with Crippen molar-refractivity contribution in [1.29, 1.82) is 0 Å². The molecule has 0 heterocycles. The van der Waals surface area contributed by atoms with Crippen LogP contribution in [-0.2, 0) is 4.79 Å². The van der Waals surface area contributed by atoms with Crippen LogP contribution in [0.15, 0.2) is 72.8 Å². The van der Waals surface area contributed by atoms with E-state index in [1.807, 2.05) is 42.5 Å². The SMILES string of the molecule is O=C(COc1ccc(-c2ccccc2)cc1Cl)Nc1cccc(C(=O)NC2CC2)c1. The highest BCUT2D eigenvalue weighted by Gasteiger charge is 2.23. The quantitative estimate of drug-likeness (QED) is 0.570. The van der Waals surface area contributed by atoms with E-state index in [-0.39, 0.29) is 24.5 Å². The largest absolute Gasteiger partial charge is 0.482 e. The molecule has 152 valence electrons. The lowest BCUT2D eigenvalue weighted by atomic mass is 10.1. The summed E-state index contributed by atoms with van der Waals surface area (Å²) in [7, 11) is 0. The number of ether oxygens (including phenoxy) is 1. The van der Waals surface area contributed by atoms with Crippen molar-refractivity contribution in [2.24, 2.45) is 0 Å². The van der Waals surface area contributed by atoms with Gasteiger partial charge in [-0.25, -0.2) is 0 Å². The predicted molar refractivity (Wildman–Crippen MR) is 118 cm³/mol. The Balaban J connectivity index is 1.34. The van der Waals surface area contributed by atoms with E-state index in [0.29, 0.717) is 22.0 Å². The molecule has 3 aromatic carbocycles. The molecule has 0 saturated heterocycles. The molecular weight excluding hydrogens is 400 g/mol. The van der Waals surface area contributed by atoms with Gasteiger partial charge >= 0.3 is 0 Å². The van der Waals surface area contributed by atoms with Gasteiger partial charge in [-0.2, -0.15) is 0 Å². The van der Waals surface area contributed by atoms with Crippen LogP contribution in [-0.4, -0.2) is 24.5 Å². The van der Waals surface area contributed by atoms with E-state index in [0.717, 1.165) is 24.0 Å². The molecule has 1 fully saturated rings. The first-order valence-electron chi connectivity index (χ1n) is 9.77. The lowest BCUT2D eigenvalue weighted by Crippen LogP contribution is -2.25. The topological polar surface area (TPSA) is 67.4 Å². The Hall–Kier alpha value is -3.31.